The highest BCUT2D eigenvalue weighted by atomic mass is 35.5. The van der Waals surface area contributed by atoms with Crippen molar-refractivity contribution in [2.75, 3.05) is 6.61 Å². The smallest absolute Gasteiger partial charge is 0.252 e. The van der Waals surface area contributed by atoms with Crippen LogP contribution >= 0.6 is 11.6 Å². The van der Waals surface area contributed by atoms with Crippen LogP contribution < -0.4 is 10.1 Å². The molecule has 118 valence electrons. The number of benzene rings is 2. The van der Waals surface area contributed by atoms with Gasteiger partial charge in [-0.15, -0.1) is 0 Å². The highest BCUT2D eigenvalue weighted by Gasteiger charge is 2.28. The van der Waals surface area contributed by atoms with Crippen LogP contribution in [0.5, 0.6) is 5.75 Å². The summed E-state index contributed by atoms with van der Waals surface area (Å²) in [6, 6.07) is 13.9. The van der Waals surface area contributed by atoms with Gasteiger partial charge in [-0.2, -0.15) is 5.26 Å². The van der Waals surface area contributed by atoms with Crippen molar-refractivity contribution in [3.05, 3.63) is 64.9 Å². The van der Waals surface area contributed by atoms with E-state index in [2.05, 4.69) is 5.32 Å². The van der Waals surface area contributed by atoms with Crippen LogP contribution in [0.3, 0.4) is 0 Å². The number of amides is 1. The molecule has 0 radical (unpaired) electrons. The van der Waals surface area contributed by atoms with Crippen molar-refractivity contribution in [3.8, 4) is 11.8 Å². The maximum atomic E-state index is 12.9. The Labute approximate surface area is 138 Å². The van der Waals surface area contributed by atoms with E-state index in [9.17, 15) is 14.4 Å². The molecule has 23 heavy (non-hydrogen) atoms. The van der Waals surface area contributed by atoms with E-state index in [0.717, 1.165) is 0 Å². The van der Waals surface area contributed by atoms with E-state index >= 15 is 0 Å². The number of ether oxygens (including phenoxy) is 1. The van der Waals surface area contributed by atoms with Crippen LogP contribution in [0.2, 0.25) is 5.02 Å². The molecule has 1 atom stereocenters. The summed E-state index contributed by atoms with van der Waals surface area (Å²) in [6.45, 7) is 1.45. The van der Waals surface area contributed by atoms with Gasteiger partial charge in [0.15, 0.2) is 5.54 Å². The van der Waals surface area contributed by atoms with Gasteiger partial charge in [0.25, 0.3) is 5.91 Å². The lowest BCUT2D eigenvalue weighted by atomic mass is 10.1. The zero-order chi connectivity index (χ0) is 16.9. The molecule has 0 heterocycles. The SMILES string of the molecule is CC(C#N)(COc1ccccc1Cl)NC(=O)c1ccc(F)cc1. The lowest BCUT2D eigenvalue weighted by Gasteiger charge is -2.23. The molecule has 0 spiro atoms. The Kier molecular flexibility index (Phi) is 5.20. The summed E-state index contributed by atoms with van der Waals surface area (Å²) in [7, 11) is 0. The highest BCUT2D eigenvalue weighted by Crippen LogP contribution is 2.24. The topological polar surface area (TPSA) is 62.1 Å². The maximum absolute atomic E-state index is 12.9. The van der Waals surface area contributed by atoms with Crippen LogP contribution in [0, 0.1) is 17.1 Å². The molecule has 0 saturated heterocycles. The van der Waals surface area contributed by atoms with E-state index in [4.69, 9.17) is 16.3 Å². The zero-order valence-electron chi connectivity index (χ0n) is 12.3. The lowest BCUT2D eigenvalue weighted by Crippen LogP contribution is -2.49. The van der Waals surface area contributed by atoms with Crippen LogP contribution in [-0.4, -0.2) is 18.1 Å². The van der Waals surface area contributed by atoms with E-state index in [1.807, 2.05) is 6.07 Å². The number of nitrogens with one attached hydrogen (secondary N) is 1. The minimum Gasteiger partial charge on any atom is -0.488 e. The molecule has 1 amide bonds. The van der Waals surface area contributed by atoms with Crippen molar-refractivity contribution in [2.24, 2.45) is 0 Å². The fourth-order valence-electron chi connectivity index (χ4n) is 1.80. The highest BCUT2D eigenvalue weighted by molar-refractivity contribution is 6.32. The molecule has 0 bridgehead atoms. The van der Waals surface area contributed by atoms with Crippen molar-refractivity contribution >= 4 is 17.5 Å². The third kappa shape index (κ3) is 4.44. The maximum Gasteiger partial charge on any atom is 0.252 e. The van der Waals surface area contributed by atoms with Crippen molar-refractivity contribution in [2.45, 2.75) is 12.5 Å². The second kappa shape index (κ2) is 7.12. The Morgan fingerprint density at radius 3 is 2.57 bits per heavy atom. The summed E-state index contributed by atoms with van der Waals surface area (Å²) in [4.78, 5) is 12.1. The van der Waals surface area contributed by atoms with Gasteiger partial charge in [0.1, 0.15) is 18.2 Å². The van der Waals surface area contributed by atoms with Gasteiger partial charge in [-0.25, -0.2) is 4.39 Å². The normalized spacial score (nSPS) is 12.8. The van der Waals surface area contributed by atoms with E-state index in [0.29, 0.717) is 10.8 Å². The average Bonchev–Trinajstić information content (AvgIpc) is 2.54. The van der Waals surface area contributed by atoms with Crippen LogP contribution in [0.1, 0.15) is 17.3 Å². The predicted molar refractivity (Wildman–Crippen MR) is 84.8 cm³/mol. The number of hydrogen-bond donors (Lipinski definition) is 1. The van der Waals surface area contributed by atoms with Gasteiger partial charge in [0.05, 0.1) is 11.1 Å². The van der Waals surface area contributed by atoms with Gasteiger partial charge in [-0.3, -0.25) is 4.79 Å². The summed E-state index contributed by atoms with van der Waals surface area (Å²) in [6.07, 6.45) is 0. The standard InChI is InChI=1S/C17H14ClFN2O2/c1-17(10-20,11-23-15-5-3-2-4-14(15)18)21-16(22)12-6-8-13(19)9-7-12/h2-9H,11H2,1H3,(H,21,22). The Morgan fingerprint density at radius 2 is 1.96 bits per heavy atom. The molecule has 2 aromatic carbocycles. The van der Waals surface area contributed by atoms with Gasteiger partial charge in [0.2, 0.25) is 0 Å². The first-order chi connectivity index (χ1) is 10.9. The molecule has 0 aliphatic carbocycles. The number of carbonyl (C=O) groups excluding carboxylic acids is 1. The van der Waals surface area contributed by atoms with Crippen LogP contribution in [0.15, 0.2) is 48.5 Å². The molecule has 0 aromatic heterocycles. The Bertz CT molecular complexity index is 743. The summed E-state index contributed by atoms with van der Waals surface area (Å²) in [5.41, 5.74) is -1.00. The molecule has 4 nitrogen and oxygen atoms in total. The second-order valence-corrected chi connectivity index (χ2v) is 5.53. The molecule has 0 fully saturated rings. The lowest BCUT2D eigenvalue weighted by molar-refractivity contribution is 0.0901. The summed E-state index contributed by atoms with van der Waals surface area (Å²) in [5, 5.41) is 12.3. The molecule has 0 aliphatic rings. The number of carbonyl (C=O) groups is 1. The molecule has 2 aromatic rings. The van der Waals surface area contributed by atoms with E-state index in [1.54, 1.807) is 24.3 Å². The molecule has 6 heteroatoms. The molecule has 2 rings (SSSR count). The Hall–Kier alpha value is -2.58. The third-order valence-corrected chi connectivity index (χ3v) is 3.41. The van der Waals surface area contributed by atoms with Crippen molar-refractivity contribution in [1.82, 2.24) is 5.32 Å². The first-order valence-corrected chi connectivity index (χ1v) is 7.18. The summed E-state index contributed by atoms with van der Waals surface area (Å²) < 4.78 is 18.4. The third-order valence-electron chi connectivity index (χ3n) is 3.10. The van der Waals surface area contributed by atoms with Gasteiger partial charge < -0.3 is 10.1 Å². The Balaban J connectivity index is 2.05. The largest absolute Gasteiger partial charge is 0.488 e. The molecule has 0 aliphatic heterocycles. The number of para-hydroxylation sites is 1. The summed E-state index contributed by atoms with van der Waals surface area (Å²) in [5.74, 6) is -0.505. The predicted octanol–water partition coefficient (Wildman–Crippen LogP) is 3.57. The average molecular weight is 333 g/mol. The minimum absolute atomic E-state index is 0.0832. The second-order valence-electron chi connectivity index (χ2n) is 5.12. The van der Waals surface area contributed by atoms with Crippen molar-refractivity contribution < 1.29 is 13.9 Å². The number of hydrogen-bond acceptors (Lipinski definition) is 3. The van der Waals surface area contributed by atoms with E-state index < -0.39 is 17.3 Å². The number of nitriles is 1. The number of halogens is 2. The van der Waals surface area contributed by atoms with Crippen molar-refractivity contribution in [3.63, 3.8) is 0 Å². The first kappa shape index (κ1) is 16.8. The molecule has 1 unspecified atom stereocenters. The van der Waals surface area contributed by atoms with Gasteiger partial charge in [0, 0.05) is 5.56 Å². The number of nitrogens with zero attached hydrogens (tertiary/aromatic N) is 1. The van der Waals surface area contributed by atoms with Crippen LogP contribution in [-0.2, 0) is 0 Å². The number of rotatable bonds is 5. The minimum atomic E-state index is -1.26. The molecular weight excluding hydrogens is 319 g/mol. The van der Waals surface area contributed by atoms with Crippen molar-refractivity contribution in [1.29, 1.82) is 5.26 Å². The summed E-state index contributed by atoms with van der Waals surface area (Å²) >= 11 is 5.98. The monoisotopic (exact) mass is 332 g/mol. The van der Waals surface area contributed by atoms with Crippen LogP contribution in [0.4, 0.5) is 4.39 Å². The van der Waals surface area contributed by atoms with Gasteiger partial charge in [-0.1, -0.05) is 23.7 Å². The zero-order valence-corrected chi connectivity index (χ0v) is 13.1. The molecule has 0 saturated carbocycles. The quantitative estimate of drug-likeness (QED) is 0.910. The molecule has 1 N–H and O–H groups in total. The fraction of sp³-hybridized carbons (Fsp3) is 0.176. The first-order valence-electron chi connectivity index (χ1n) is 6.80. The van der Waals surface area contributed by atoms with Crippen LogP contribution in [0.25, 0.3) is 0 Å². The molecular formula is C17H14ClFN2O2. The fourth-order valence-corrected chi connectivity index (χ4v) is 1.99. The van der Waals surface area contributed by atoms with Gasteiger partial charge >= 0.3 is 0 Å². The van der Waals surface area contributed by atoms with E-state index in [1.165, 1.54) is 31.2 Å². The Morgan fingerprint density at radius 1 is 1.30 bits per heavy atom. The van der Waals surface area contributed by atoms with Gasteiger partial charge in [-0.05, 0) is 43.3 Å². The van der Waals surface area contributed by atoms with E-state index in [-0.39, 0.29) is 12.2 Å².